The van der Waals surface area contributed by atoms with Gasteiger partial charge in [0.05, 0.1) is 16.9 Å². The van der Waals surface area contributed by atoms with Crippen LogP contribution in [0.15, 0.2) is 71.5 Å². The quantitative estimate of drug-likeness (QED) is 0.548. The number of aromatic nitrogens is 4. The molecule has 28 heavy (non-hydrogen) atoms. The minimum atomic E-state index is -0.174. The number of fused-ring (bicyclic) bond motifs is 1. The van der Waals surface area contributed by atoms with Crippen molar-refractivity contribution >= 4 is 11.0 Å². The summed E-state index contributed by atoms with van der Waals surface area (Å²) in [5.74, 6) is 0. The van der Waals surface area contributed by atoms with Crippen LogP contribution in [-0.4, -0.2) is 20.0 Å². The molecule has 5 nitrogen and oxygen atoms in total. The molecule has 0 saturated heterocycles. The van der Waals surface area contributed by atoms with Crippen molar-refractivity contribution in [3.05, 3.63) is 88.3 Å². The maximum atomic E-state index is 12.3. The summed E-state index contributed by atoms with van der Waals surface area (Å²) >= 11 is 0. The zero-order valence-corrected chi connectivity index (χ0v) is 17.0. The van der Waals surface area contributed by atoms with Crippen LogP contribution in [0, 0.1) is 0 Å². The minimum absolute atomic E-state index is 0.174. The van der Waals surface area contributed by atoms with Crippen molar-refractivity contribution in [2.24, 2.45) is 0 Å². The van der Waals surface area contributed by atoms with Gasteiger partial charge in [-0.25, -0.2) is 0 Å². The Morgan fingerprint density at radius 1 is 0.857 bits per heavy atom. The van der Waals surface area contributed by atoms with Crippen molar-refractivity contribution in [1.82, 2.24) is 20.0 Å². The fraction of sp³-hybridized carbons (Fsp3) is 0.261. The molecule has 2 aromatic carbocycles. The molecule has 5 heteroatoms. The Balaban J connectivity index is 0.000000660. The number of aromatic amines is 1. The van der Waals surface area contributed by atoms with Gasteiger partial charge in [0, 0.05) is 6.07 Å². The van der Waals surface area contributed by atoms with E-state index in [2.05, 4.69) is 27.4 Å². The van der Waals surface area contributed by atoms with Crippen LogP contribution in [0.1, 0.15) is 39.0 Å². The SMILES string of the molecule is CC.CC.O=c1cc2[nH]nc(CCc3ccccc3)c2nn1-c1ccccc1. The Bertz CT molecular complexity index is 1020. The number of para-hydroxylation sites is 1. The second-order valence-corrected chi connectivity index (χ2v) is 5.65. The number of nitrogens with one attached hydrogen (secondary N) is 1. The van der Waals surface area contributed by atoms with Gasteiger partial charge in [-0.1, -0.05) is 76.2 Å². The van der Waals surface area contributed by atoms with E-state index in [9.17, 15) is 4.79 Å². The van der Waals surface area contributed by atoms with E-state index >= 15 is 0 Å². The first-order valence-corrected chi connectivity index (χ1v) is 9.88. The predicted molar refractivity (Wildman–Crippen MR) is 116 cm³/mol. The molecule has 0 aliphatic rings. The van der Waals surface area contributed by atoms with Crippen molar-refractivity contribution in [2.75, 3.05) is 0 Å². The average Bonchev–Trinajstić information content (AvgIpc) is 3.17. The highest BCUT2D eigenvalue weighted by Crippen LogP contribution is 2.15. The maximum Gasteiger partial charge on any atom is 0.273 e. The summed E-state index contributed by atoms with van der Waals surface area (Å²) in [6.45, 7) is 8.00. The molecule has 146 valence electrons. The molecule has 0 fully saturated rings. The van der Waals surface area contributed by atoms with Gasteiger partial charge >= 0.3 is 0 Å². The van der Waals surface area contributed by atoms with Crippen LogP contribution in [0.5, 0.6) is 0 Å². The van der Waals surface area contributed by atoms with Gasteiger partial charge < -0.3 is 0 Å². The fourth-order valence-electron chi connectivity index (χ4n) is 2.77. The number of H-pyrrole nitrogens is 1. The zero-order valence-electron chi connectivity index (χ0n) is 17.0. The molecule has 4 aromatic rings. The van der Waals surface area contributed by atoms with Gasteiger partial charge in [-0.05, 0) is 30.5 Å². The van der Waals surface area contributed by atoms with Crippen molar-refractivity contribution in [3.8, 4) is 5.69 Å². The van der Waals surface area contributed by atoms with E-state index in [1.165, 1.54) is 10.2 Å². The Hall–Kier alpha value is -3.21. The molecule has 4 rings (SSSR count). The molecule has 0 aliphatic carbocycles. The first-order chi connectivity index (χ1) is 13.8. The molecule has 0 saturated carbocycles. The van der Waals surface area contributed by atoms with Crippen LogP contribution < -0.4 is 5.56 Å². The van der Waals surface area contributed by atoms with Crippen molar-refractivity contribution in [1.29, 1.82) is 0 Å². The minimum Gasteiger partial charge on any atom is -0.276 e. The summed E-state index contributed by atoms with van der Waals surface area (Å²) in [6, 6.07) is 21.2. The first kappa shape index (κ1) is 21.1. The van der Waals surface area contributed by atoms with E-state index in [1.54, 1.807) is 6.07 Å². The normalized spacial score (nSPS) is 9.86. The van der Waals surface area contributed by atoms with Gasteiger partial charge in [0.2, 0.25) is 0 Å². The van der Waals surface area contributed by atoms with Gasteiger partial charge in [0.1, 0.15) is 5.52 Å². The smallest absolute Gasteiger partial charge is 0.273 e. The van der Waals surface area contributed by atoms with Crippen molar-refractivity contribution in [2.45, 2.75) is 40.5 Å². The van der Waals surface area contributed by atoms with Gasteiger partial charge in [-0.15, -0.1) is 0 Å². The fourth-order valence-corrected chi connectivity index (χ4v) is 2.77. The lowest BCUT2D eigenvalue weighted by Gasteiger charge is -2.04. The molecule has 2 aromatic heterocycles. The highest BCUT2D eigenvalue weighted by molar-refractivity contribution is 5.76. The van der Waals surface area contributed by atoms with Gasteiger partial charge in [0.15, 0.2) is 0 Å². The van der Waals surface area contributed by atoms with E-state index < -0.39 is 0 Å². The molecule has 0 unspecified atom stereocenters. The number of hydrogen-bond donors (Lipinski definition) is 1. The van der Waals surface area contributed by atoms with Crippen LogP contribution in [0.25, 0.3) is 16.7 Å². The van der Waals surface area contributed by atoms with Gasteiger partial charge in [-0.3, -0.25) is 9.89 Å². The summed E-state index contributed by atoms with van der Waals surface area (Å²) in [4.78, 5) is 12.3. The molecule has 2 heterocycles. The maximum absolute atomic E-state index is 12.3. The van der Waals surface area contributed by atoms with Crippen LogP contribution in [-0.2, 0) is 12.8 Å². The summed E-state index contributed by atoms with van der Waals surface area (Å²) < 4.78 is 1.42. The molecule has 0 spiro atoms. The lowest BCUT2D eigenvalue weighted by atomic mass is 10.1. The third-order valence-electron chi connectivity index (χ3n) is 4.01. The van der Waals surface area contributed by atoms with Crippen LogP contribution >= 0.6 is 0 Å². The topological polar surface area (TPSA) is 63.6 Å². The van der Waals surface area contributed by atoms with Gasteiger partial charge in [0.25, 0.3) is 5.56 Å². The summed E-state index contributed by atoms with van der Waals surface area (Å²) in [5, 5.41) is 11.8. The molecular weight excluding hydrogens is 348 g/mol. The predicted octanol–water partition coefficient (Wildman–Crippen LogP) is 4.95. The van der Waals surface area contributed by atoms with E-state index in [1.807, 2.05) is 76.2 Å². The standard InChI is InChI=1S/C19H16N4O.2C2H6/c24-18-13-17-19(22-23(18)15-9-5-2-6-10-15)16(20-21-17)12-11-14-7-3-1-4-8-14;2*1-2/h1-10,13,21H,11-12H2;2*1-2H3. The lowest BCUT2D eigenvalue weighted by Crippen LogP contribution is -2.20. The molecule has 0 atom stereocenters. The third-order valence-corrected chi connectivity index (χ3v) is 4.01. The van der Waals surface area contributed by atoms with Crippen LogP contribution in [0.2, 0.25) is 0 Å². The number of rotatable bonds is 4. The Labute approximate surface area is 166 Å². The molecule has 0 radical (unpaired) electrons. The average molecular weight is 377 g/mol. The molecule has 1 N–H and O–H groups in total. The Kier molecular flexibility index (Phi) is 8.15. The molecular formula is C23H28N4O. The second kappa shape index (κ2) is 10.8. The van der Waals surface area contributed by atoms with E-state index in [0.717, 1.165) is 29.7 Å². The summed E-state index contributed by atoms with van der Waals surface area (Å²) in [6.07, 6.45) is 1.65. The first-order valence-electron chi connectivity index (χ1n) is 9.88. The molecule has 0 aliphatic heterocycles. The number of benzene rings is 2. The summed E-state index contributed by atoms with van der Waals surface area (Å²) in [7, 11) is 0. The Morgan fingerprint density at radius 2 is 1.46 bits per heavy atom. The molecule has 0 bridgehead atoms. The molecule has 0 amide bonds. The van der Waals surface area contributed by atoms with E-state index in [4.69, 9.17) is 0 Å². The zero-order chi connectivity index (χ0) is 20.4. The second-order valence-electron chi connectivity index (χ2n) is 5.65. The Morgan fingerprint density at radius 3 is 2.11 bits per heavy atom. The van der Waals surface area contributed by atoms with E-state index in [0.29, 0.717) is 5.52 Å². The number of aryl methyl sites for hydroxylation is 2. The van der Waals surface area contributed by atoms with Crippen LogP contribution in [0.3, 0.4) is 0 Å². The highest BCUT2D eigenvalue weighted by Gasteiger charge is 2.11. The highest BCUT2D eigenvalue weighted by atomic mass is 16.1. The van der Waals surface area contributed by atoms with Crippen LogP contribution in [0.4, 0.5) is 0 Å². The van der Waals surface area contributed by atoms with Gasteiger partial charge in [-0.2, -0.15) is 14.9 Å². The number of hydrogen-bond acceptors (Lipinski definition) is 3. The summed E-state index contributed by atoms with van der Waals surface area (Å²) in [5.41, 5.74) is 4.12. The lowest BCUT2D eigenvalue weighted by molar-refractivity contribution is 0.824. The van der Waals surface area contributed by atoms with E-state index in [-0.39, 0.29) is 5.56 Å². The largest absolute Gasteiger partial charge is 0.276 e. The van der Waals surface area contributed by atoms with Crippen molar-refractivity contribution < 1.29 is 0 Å². The third kappa shape index (κ3) is 4.94. The number of nitrogens with zero attached hydrogens (tertiary/aromatic N) is 3. The monoisotopic (exact) mass is 376 g/mol. The van der Waals surface area contributed by atoms with Crippen molar-refractivity contribution in [3.63, 3.8) is 0 Å².